The molecule has 42 heavy (non-hydrogen) atoms. The fraction of sp³-hybridized carbons (Fsp3) is 0.258. The number of rotatable bonds is 14. The predicted octanol–water partition coefficient (Wildman–Crippen LogP) is 6.52. The average Bonchev–Trinajstić information content (AvgIpc) is 3.01. The number of ether oxygens (including phenoxy) is 4. The minimum atomic E-state index is -0.398. The minimum absolute atomic E-state index is 0.300. The number of carbonyl (C=O) groups excluding carboxylic acids is 2. The second-order valence-corrected chi connectivity index (χ2v) is 9.28. The summed E-state index contributed by atoms with van der Waals surface area (Å²) in [5, 5.41) is 14.9. The van der Waals surface area contributed by atoms with Crippen LogP contribution in [0.5, 0.6) is 28.7 Å². The van der Waals surface area contributed by atoms with Crippen molar-refractivity contribution in [3.63, 3.8) is 0 Å². The van der Waals surface area contributed by atoms with Gasteiger partial charge in [-0.15, -0.1) is 0 Å². The fourth-order valence-electron chi connectivity index (χ4n) is 4.23. The summed E-state index contributed by atoms with van der Waals surface area (Å²) in [7, 11) is 3.12. The van der Waals surface area contributed by atoms with Crippen LogP contribution in [0.15, 0.2) is 72.9 Å². The van der Waals surface area contributed by atoms with Gasteiger partial charge in [-0.05, 0) is 61.4 Å². The van der Waals surface area contributed by atoms with Gasteiger partial charge in [0.25, 0.3) is 0 Å². The van der Waals surface area contributed by atoms with Gasteiger partial charge in [-0.1, -0.05) is 25.0 Å². The lowest BCUT2D eigenvalue weighted by atomic mass is 10.1. The molecule has 0 aliphatic rings. The molecule has 0 saturated carbocycles. The Morgan fingerprint density at radius 1 is 0.810 bits per heavy atom. The molecule has 11 heteroatoms. The third-order valence-electron chi connectivity index (χ3n) is 6.36. The van der Waals surface area contributed by atoms with Crippen LogP contribution in [-0.4, -0.2) is 43.0 Å². The number of hydroxylamine groups is 1. The van der Waals surface area contributed by atoms with E-state index in [4.69, 9.17) is 24.2 Å². The summed E-state index contributed by atoms with van der Waals surface area (Å²) in [5.41, 5.74) is 3.48. The van der Waals surface area contributed by atoms with E-state index < -0.39 is 6.03 Å². The SMILES string of the molecule is COc1ccccc1NC(=O)Nc1ccc(Oc2ccnc3cc(OCCCCCCC(=O)NO)c(OC)cc23)cc1. The van der Waals surface area contributed by atoms with E-state index in [1.807, 2.05) is 24.3 Å². The summed E-state index contributed by atoms with van der Waals surface area (Å²) in [6.07, 6.45) is 5.23. The van der Waals surface area contributed by atoms with Crippen molar-refractivity contribution in [2.24, 2.45) is 0 Å². The van der Waals surface area contributed by atoms with Crippen LogP contribution in [0.3, 0.4) is 0 Å². The smallest absolute Gasteiger partial charge is 0.323 e. The number of nitrogens with zero attached hydrogens (tertiary/aromatic N) is 1. The number of nitrogens with one attached hydrogen (secondary N) is 3. The fourth-order valence-corrected chi connectivity index (χ4v) is 4.23. The maximum absolute atomic E-state index is 12.5. The molecule has 0 unspecified atom stereocenters. The van der Waals surface area contributed by atoms with Gasteiger partial charge in [0.1, 0.15) is 17.2 Å². The predicted molar refractivity (Wildman–Crippen MR) is 159 cm³/mol. The van der Waals surface area contributed by atoms with E-state index in [1.165, 1.54) is 0 Å². The molecule has 0 atom stereocenters. The maximum atomic E-state index is 12.5. The lowest BCUT2D eigenvalue weighted by Crippen LogP contribution is -2.19. The number of para-hydroxylation sites is 2. The van der Waals surface area contributed by atoms with E-state index in [1.54, 1.807) is 68.4 Å². The van der Waals surface area contributed by atoms with Gasteiger partial charge in [0.2, 0.25) is 5.91 Å². The number of urea groups is 1. The molecule has 0 radical (unpaired) electrons. The zero-order valence-corrected chi connectivity index (χ0v) is 23.5. The molecular weight excluding hydrogens is 540 g/mol. The molecule has 0 saturated heterocycles. The molecule has 11 nitrogen and oxygen atoms in total. The van der Waals surface area contributed by atoms with Crippen molar-refractivity contribution in [2.45, 2.75) is 32.1 Å². The summed E-state index contributed by atoms with van der Waals surface area (Å²) < 4.78 is 23.0. The molecule has 4 N–H and O–H groups in total. The molecule has 220 valence electrons. The molecule has 4 rings (SSSR count). The van der Waals surface area contributed by atoms with E-state index in [0.29, 0.717) is 65.1 Å². The van der Waals surface area contributed by atoms with Crippen LogP contribution in [0, 0.1) is 0 Å². The van der Waals surface area contributed by atoms with Crippen LogP contribution < -0.4 is 35.1 Å². The topological polar surface area (TPSA) is 140 Å². The summed E-state index contributed by atoms with van der Waals surface area (Å²) in [6, 6.07) is 19.2. The zero-order chi connectivity index (χ0) is 29.7. The quantitative estimate of drug-likeness (QED) is 0.0758. The Kier molecular flexibility index (Phi) is 10.8. The highest BCUT2D eigenvalue weighted by molar-refractivity contribution is 6.00. The first-order valence-corrected chi connectivity index (χ1v) is 13.5. The molecule has 0 fully saturated rings. The van der Waals surface area contributed by atoms with Crippen molar-refractivity contribution < 1.29 is 33.7 Å². The van der Waals surface area contributed by atoms with E-state index in [9.17, 15) is 9.59 Å². The van der Waals surface area contributed by atoms with Crippen molar-refractivity contribution in [1.29, 1.82) is 0 Å². The maximum Gasteiger partial charge on any atom is 0.323 e. The molecular formula is C31H34N4O7. The lowest BCUT2D eigenvalue weighted by Gasteiger charge is -2.14. The van der Waals surface area contributed by atoms with Gasteiger partial charge in [-0.3, -0.25) is 15.0 Å². The second kappa shape index (κ2) is 15.1. The lowest BCUT2D eigenvalue weighted by molar-refractivity contribution is -0.129. The normalized spacial score (nSPS) is 10.5. The van der Waals surface area contributed by atoms with Gasteiger partial charge >= 0.3 is 6.03 Å². The number of hydrogen-bond acceptors (Lipinski definition) is 8. The summed E-state index contributed by atoms with van der Waals surface area (Å²) >= 11 is 0. The molecule has 0 aliphatic carbocycles. The molecule has 1 heterocycles. The molecule has 0 bridgehead atoms. The van der Waals surface area contributed by atoms with Gasteiger partial charge in [0.05, 0.1) is 32.0 Å². The molecule has 3 aromatic carbocycles. The Hall–Kier alpha value is -5.03. The highest BCUT2D eigenvalue weighted by Crippen LogP contribution is 2.37. The number of hydrogen-bond donors (Lipinski definition) is 4. The van der Waals surface area contributed by atoms with Crippen molar-refractivity contribution in [3.8, 4) is 28.7 Å². The average molecular weight is 575 g/mol. The van der Waals surface area contributed by atoms with Gasteiger partial charge in [-0.2, -0.15) is 0 Å². The standard InChI is InChI=1S/C31H34N4O7/c1-39-27-10-7-6-9-24(27)34-31(37)33-21-12-14-22(15-13-21)42-26-16-17-32-25-20-29(28(40-2)19-23(25)26)41-18-8-4-3-5-11-30(36)35-38/h6-7,9-10,12-17,19-20,38H,3-5,8,11,18H2,1-2H3,(H,35,36)(H2,33,34,37). The van der Waals surface area contributed by atoms with Gasteiger partial charge < -0.3 is 29.6 Å². The van der Waals surface area contributed by atoms with Crippen LogP contribution in [-0.2, 0) is 4.79 Å². The first kappa shape index (κ1) is 29.9. The number of methoxy groups -OCH3 is 2. The molecule has 1 aromatic heterocycles. The van der Waals surface area contributed by atoms with Crippen LogP contribution in [0.25, 0.3) is 10.9 Å². The number of carbonyl (C=O) groups is 2. The Bertz CT molecular complexity index is 1490. The van der Waals surface area contributed by atoms with Gasteiger partial charge in [0, 0.05) is 29.8 Å². The van der Waals surface area contributed by atoms with Crippen LogP contribution in [0.1, 0.15) is 32.1 Å². The number of fused-ring (bicyclic) bond motifs is 1. The first-order valence-electron chi connectivity index (χ1n) is 13.5. The van der Waals surface area contributed by atoms with Crippen molar-refractivity contribution in [2.75, 3.05) is 31.5 Å². The van der Waals surface area contributed by atoms with E-state index in [2.05, 4.69) is 15.6 Å². The number of pyridine rings is 1. The third kappa shape index (κ3) is 8.24. The summed E-state index contributed by atoms with van der Waals surface area (Å²) in [4.78, 5) is 28.0. The van der Waals surface area contributed by atoms with Crippen molar-refractivity contribution in [1.82, 2.24) is 10.5 Å². The summed E-state index contributed by atoms with van der Waals surface area (Å²) in [6.45, 7) is 0.488. The number of unbranched alkanes of at least 4 members (excludes halogenated alkanes) is 3. The summed E-state index contributed by atoms with van der Waals surface area (Å²) in [5.74, 6) is 2.50. The third-order valence-corrected chi connectivity index (χ3v) is 6.36. The van der Waals surface area contributed by atoms with E-state index in [-0.39, 0.29) is 5.91 Å². The second-order valence-electron chi connectivity index (χ2n) is 9.28. The Morgan fingerprint density at radius 2 is 1.57 bits per heavy atom. The van der Waals surface area contributed by atoms with Crippen LogP contribution in [0.4, 0.5) is 16.2 Å². The van der Waals surface area contributed by atoms with Gasteiger partial charge in [0.15, 0.2) is 11.5 Å². The Morgan fingerprint density at radius 3 is 2.33 bits per heavy atom. The number of amides is 3. The van der Waals surface area contributed by atoms with Crippen molar-refractivity contribution >= 4 is 34.2 Å². The number of benzene rings is 3. The van der Waals surface area contributed by atoms with Crippen molar-refractivity contribution in [3.05, 3.63) is 72.9 Å². The zero-order valence-electron chi connectivity index (χ0n) is 23.5. The van der Waals surface area contributed by atoms with Crippen LogP contribution >= 0.6 is 0 Å². The minimum Gasteiger partial charge on any atom is -0.495 e. The number of anilines is 2. The highest BCUT2D eigenvalue weighted by atomic mass is 16.5. The molecule has 0 aliphatic heterocycles. The Balaban J connectivity index is 1.35. The largest absolute Gasteiger partial charge is 0.495 e. The molecule has 0 spiro atoms. The van der Waals surface area contributed by atoms with E-state index in [0.717, 1.165) is 24.6 Å². The molecule has 4 aromatic rings. The number of aromatic nitrogens is 1. The monoisotopic (exact) mass is 574 g/mol. The first-order chi connectivity index (χ1) is 20.5. The van der Waals surface area contributed by atoms with Crippen LogP contribution in [0.2, 0.25) is 0 Å². The van der Waals surface area contributed by atoms with Gasteiger partial charge in [-0.25, -0.2) is 10.3 Å². The van der Waals surface area contributed by atoms with E-state index >= 15 is 0 Å². The highest BCUT2D eigenvalue weighted by Gasteiger charge is 2.13. The molecule has 3 amide bonds. The Labute approximate surface area is 243 Å².